The molecular weight excluding hydrogens is 194 g/mol. The van der Waals surface area contributed by atoms with Crippen LogP contribution in [0.15, 0.2) is 18.3 Å². The molecule has 0 aromatic carbocycles. The Morgan fingerprint density at radius 1 is 1.53 bits per heavy atom. The van der Waals surface area contributed by atoms with Crippen molar-refractivity contribution >= 4 is 11.6 Å². The van der Waals surface area contributed by atoms with Crippen LogP contribution in [0, 0.1) is 0 Å². The van der Waals surface area contributed by atoms with E-state index in [1.54, 1.807) is 22.8 Å². The second kappa shape index (κ2) is 2.79. The molecule has 2 heterocycles. The lowest BCUT2D eigenvalue weighted by molar-refractivity contribution is 0.0690. The van der Waals surface area contributed by atoms with Gasteiger partial charge < -0.3 is 5.11 Å². The van der Waals surface area contributed by atoms with Gasteiger partial charge in [-0.15, -0.1) is 0 Å². The minimum absolute atomic E-state index is 0.102. The van der Waals surface area contributed by atoms with Gasteiger partial charge in [0.05, 0.1) is 6.20 Å². The van der Waals surface area contributed by atoms with E-state index in [1.165, 1.54) is 0 Å². The van der Waals surface area contributed by atoms with Gasteiger partial charge in [0.2, 0.25) is 0 Å². The normalized spacial score (nSPS) is 15.7. The second-order valence-corrected chi connectivity index (χ2v) is 3.75. The summed E-state index contributed by atoms with van der Waals surface area (Å²) in [5, 5.41) is 13.1. The number of fused-ring (bicyclic) bond motifs is 1. The summed E-state index contributed by atoms with van der Waals surface area (Å²) >= 11 is 0. The number of rotatable bonds is 2. The van der Waals surface area contributed by atoms with Crippen LogP contribution in [0.25, 0.3) is 5.65 Å². The van der Waals surface area contributed by atoms with Gasteiger partial charge in [0.1, 0.15) is 0 Å². The Bertz CT molecular complexity index is 543. The first-order valence-corrected chi connectivity index (χ1v) is 4.83. The molecule has 2 aromatic heterocycles. The van der Waals surface area contributed by atoms with Crippen LogP contribution < -0.4 is 0 Å². The largest absolute Gasteiger partial charge is 0.477 e. The van der Waals surface area contributed by atoms with E-state index in [2.05, 4.69) is 10.1 Å². The molecule has 1 N–H and O–H groups in total. The molecule has 5 nitrogen and oxygen atoms in total. The molecule has 5 heteroatoms. The van der Waals surface area contributed by atoms with Gasteiger partial charge in [-0.05, 0) is 18.9 Å². The van der Waals surface area contributed by atoms with Crippen LogP contribution >= 0.6 is 0 Å². The Morgan fingerprint density at radius 2 is 2.33 bits per heavy atom. The van der Waals surface area contributed by atoms with Crippen molar-refractivity contribution in [3.05, 3.63) is 29.7 Å². The molecule has 0 spiro atoms. The number of aromatic carboxylic acids is 1. The number of aromatic nitrogens is 3. The van der Waals surface area contributed by atoms with Crippen LogP contribution in [0.4, 0.5) is 0 Å². The summed E-state index contributed by atoms with van der Waals surface area (Å²) in [6, 6.07) is 3.35. The SMILES string of the molecule is O=C(O)c1cc(C2CC2)n2nccc2n1. The molecule has 1 saturated carbocycles. The molecule has 0 amide bonds. The highest BCUT2D eigenvalue weighted by atomic mass is 16.4. The van der Waals surface area contributed by atoms with Crippen molar-refractivity contribution in [2.45, 2.75) is 18.8 Å². The lowest BCUT2D eigenvalue weighted by atomic mass is 10.2. The average Bonchev–Trinajstić information content (AvgIpc) is 2.94. The first-order chi connectivity index (χ1) is 7.25. The van der Waals surface area contributed by atoms with Gasteiger partial charge in [-0.3, -0.25) is 0 Å². The van der Waals surface area contributed by atoms with Crippen molar-refractivity contribution in [3.8, 4) is 0 Å². The van der Waals surface area contributed by atoms with Gasteiger partial charge >= 0.3 is 5.97 Å². The maximum absolute atomic E-state index is 10.9. The van der Waals surface area contributed by atoms with E-state index < -0.39 is 5.97 Å². The highest BCUT2D eigenvalue weighted by molar-refractivity contribution is 5.86. The van der Waals surface area contributed by atoms with Crippen LogP contribution in [-0.2, 0) is 0 Å². The molecule has 1 aliphatic carbocycles. The second-order valence-electron chi connectivity index (χ2n) is 3.75. The third kappa shape index (κ3) is 1.27. The van der Waals surface area contributed by atoms with Gasteiger partial charge in [-0.25, -0.2) is 14.3 Å². The summed E-state index contributed by atoms with van der Waals surface area (Å²) in [6.07, 6.45) is 3.86. The number of carboxylic acids is 1. The minimum Gasteiger partial charge on any atom is -0.477 e. The van der Waals surface area contributed by atoms with Crippen molar-refractivity contribution < 1.29 is 9.90 Å². The zero-order valence-corrected chi connectivity index (χ0v) is 7.92. The van der Waals surface area contributed by atoms with Gasteiger partial charge in [0.15, 0.2) is 11.3 Å². The maximum atomic E-state index is 10.9. The summed E-state index contributed by atoms with van der Waals surface area (Å²) < 4.78 is 1.73. The first kappa shape index (κ1) is 8.40. The fourth-order valence-corrected chi connectivity index (χ4v) is 1.72. The average molecular weight is 203 g/mol. The topological polar surface area (TPSA) is 67.5 Å². The molecule has 1 aliphatic rings. The van der Waals surface area contributed by atoms with Crippen molar-refractivity contribution in [2.24, 2.45) is 0 Å². The first-order valence-electron chi connectivity index (χ1n) is 4.83. The summed E-state index contributed by atoms with van der Waals surface area (Å²) in [7, 11) is 0. The predicted molar refractivity (Wildman–Crippen MR) is 51.9 cm³/mol. The van der Waals surface area contributed by atoms with Crippen LogP contribution in [0.5, 0.6) is 0 Å². The quantitative estimate of drug-likeness (QED) is 0.798. The number of nitrogens with zero attached hydrogens (tertiary/aromatic N) is 3. The number of carbonyl (C=O) groups is 1. The van der Waals surface area contributed by atoms with E-state index in [9.17, 15) is 4.79 Å². The van der Waals surface area contributed by atoms with E-state index >= 15 is 0 Å². The summed E-state index contributed by atoms with van der Waals surface area (Å²) in [5.74, 6) is -0.533. The number of hydrogen-bond donors (Lipinski definition) is 1. The lowest BCUT2D eigenvalue weighted by Gasteiger charge is -2.03. The van der Waals surface area contributed by atoms with Crippen LogP contribution in [0.1, 0.15) is 34.9 Å². The fraction of sp³-hybridized carbons (Fsp3) is 0.300. The van der Waals surface area contributed by atoms with Gasteiger partial charge in [0, 0.05) is 17.7 Å². The molecule has 1 fully saturated rings. The third-order valence-electron chi connectivity index (χ3n) is 2.60. The van der Waals surface area contributed by atoms with E-state index in [4.69, 9.17) is 5.11 Å². The molecule has 0 unspecified atom stereocenters. The van der Waals surface area contributed by atoms with Gasteiger partial charge in [-0.2, -0.15) is 5.10 Å². The highest BCUT2D eigenvalue weighted by Gasteiger charge is 2.27. The highest BCUT2D eigenvalue weighted by Crippen LogP contribution is 2.39. The summed E-state index contributed by atoms with van der Waals surface area (Å²) in [4.78, 5) is 14.9. The third-order valence-corrected chi connectivity index (χ3v) is 2.60. The molecular formula is C10H9N3O2. The Morgan fingerprint density at radius 3 is 3.00 bits per heavy atom. The van der Waals surface area contributed by atoms with Crippen molar-refractivity contribution in [2.75, 3.05) is 0 Å². The molecule has 2 aromatic rings. The zero-order chi connectivity index (χ0) is 10.4. The molecule has 76 valence electrons. The lowest BCUT2D eigenvalue weighted by Crippen LogP contribution is -2.06. The Labute approximate surface area is 85.4 Å². The van der Waals surface area contributed by atoms with Crippen molar-refractivity contribution in [1.82, 2.24) is 14.6 Å². The van der Waals surface area contributed by atoms with Crippen LogP contribution in [0.3, 0.4) is 0 Å². The Hall–Kier alpha value is -1.91. The molecule has 0 atom stereocenters. The summed E-state index contributed by atoms with van der Waals surface area (Å²) in [6.45, 7) is 0. The number of carboxylic acid groups (broad SMARTS) is 1. The standard InChI is InChI=1S/C10H9N3O2/c14-10(15)7-5-8(6-1-2-6)13-9(12-7)3-4-11-13/h3-6H,1-2H2,(H,14,15). The summed E-state index contributed by atoms with van der Waals surface area (Å²) in [5.41, 5.74) is 1.67. The minimum atomic E-state index is -0.986. The van der Waals surface area contributed by atoms with E-state index in [-0.39, 0.29) is 5.69 Å². The zero-order valence-electron chi connectivity index (χ0n) is 7.92. The maximum Gasteiger partial charge on any atom is 0.354 e. The van der Waals surface area contributed by atoms with E-state index in [1.807, 2.05) is 0 Å². The van der Waals surface area contributed by atoms with E-state index in [0.29, 0.717) is 11.6 Å². The van der Waals surface area contributed by atoms with Gasteiger partial charge in [0.25, 0.3) is 0 Å². The molecule has 0 saturated heterocycles. The van der Waals surface area contributed by atoms with E-state index in [0.717, 1.165) is 18.5 Å². The number of hydrogen-bond acceptors (Lipinski definition) is 3. The van der Waals surface area contributed by atoms with Crippen molar-refractivity contribution in [3.63, 3.8) is 0 Å². The molecule has 3 rings (SSSR count). The Balaban J connectivity index is 2.28. The molecule has 15 heavy (non-hydrogen) atoms. The molecule has 0 radical (unpaired) electrons. The van der Waals surface area contributed by atoms with Crippen LogP contribution in [-0.4, -0.2) is 25.7 Å². The predicted octanol–water partition coefficient (Wildman–Crippen LogP) is 1.30. The molecule has 0 aliphatic heterocycles. The monoisotopic (exact) mass is 203 g/mol. The molecule has 0 bridgehead atoms. The smallest absolute Gasteiger partial charge is 0.354 e. The van der Waals surface area contributed by atoms with Crippen molar-refractivity contribution in [1.29, 1.82) is 0 Å². The van der Waals surface area contributed by atoms with Crippen LogP contribution in [0.2, 0.25) is 0 Å². The van der Waals surface area contributed by atoms with Gasteiger partial charge in [-0.1, -0.05) is 0 Å². The fourth-order valence-electron chi connectivity index (χ4n) is 1.72. The Kier molecular flexibility index (Phi) is 1.56.